The second kappa shape index (κ2) is 5.32. The Kier molecular flexibility index (Phi) is 3.80. The van der Waals surface area contributed by atoms with Gasteiger partial charge < -0.3 is 10.1 Å². The molecule has 1 aliphatic heterocycles. The molecule has 0 aliphatic carbocycles. The molecule has 0 unspecified atom stereocenters. The molecular weight excluding hydrogens is 226 g/mol. The summed E-state index contributed by atoms with van der Waals surface area (Å²) in [5.41, 5.74) is 0.926. The minimum absolute atomic E-state index is 0.0441. The molecule has 1 heterocycles. The first kappa shape index (κ1) is 11.4. The number of amides is 1. The molecular formula is C12H14ClNO2. The Morgan fingerprint density at radius 3 is 3.00 bits per heavy atom. The summed E-state index contributed by atoms with van der Waals surface area (Å²) >= 11 is 5.98. The largest absolute Gasteiger partial charge is 0.368 e. The van der Waals surface area contributed by atoms with Gasteiger partial charge in [-0.2, -0.15) is 0 Å². The van der Waals surface area contributed by atoms with Gasteiger partial charge in [0.1, 0.15) is 6.10 Å². The van der Waals surface area contributed by atoms with Gasteiger partial charge in [0, 0.05) is 18.2 Å². The summed E-state index contributed by atoms with van der Waals surface area (Å²) in [5.74, 6) is -0.0441. The minimum atomic E-state index is -0.275. The van der Waals surface area contributed by atoms with Crippen LogP contribution in [-0.4, -0.2) is 18.6 Å². The summed E-state index contributed by atoms with van der Waals surface area (Å²) < 4.78 is 5.29. The third kappa shape index (κ3) is 2.74. The molecule has 16 heavy (non-hydrogen) atoms. The fourth-order valence-electron chi connectivity index (χ4n) is 1.72. The first-order chi connectivity index (χ1) is 7.77. The van der Waals surface area contributed by atoms with E-state index in [1.54, 1.807) is 0 Å². The van der Waals surface area contributed by atoms with Crippen LogP contribution in [0.1, 0.15) is 18.4 Å². The number of hydrogen-bond donors (Lipinski definition) is 1. The molecule has 1 N–H and O–H groups in total. The SMILES string of the molecule is O=C(NCc1ccccc1Cl)[C@H]1CCCO1. The fraction of sp³-hybridized carbons (Fsp3) is 0.417. The molecule has 0 radical (unpaired) electrons. The molecule has 1 saturated heterocycles. The average Bonchev–Trinajstić information content (AvgIpc) is 2.81. The lowest BCUT2D eigenvalue weighted by Gasteiger charge is -2.10. The highest BCUT2D eigenvalue weighted by atomic mass is 35.5. The molecule has 0 saturated carbocycles. The van der Waals surface area contributed by atoms with Crippen molar-refractivity contribution in [3.63, 3.8) is 0 Å². The molecule has 0 bridgehead atoms. The second-order valence-electron chi connectivity index (χ2n) is 3.81. The van der Waals surface area contributed by atoms with E-state index in [-0.39, 0.29) is 12.0 Å². The van der Waals surface area contributed by atoms with Gasteiger partial charge in [0.15, 0.2) is 0 Å². The van der Waals surface area contributed by atoms with Gasteiger partial charge in [-0.3, -0.25) is 4.79 Å². The number of carbonyl (C=O) groups is 1. The van der Waals surface area contributed by atoms with Crippen molar-refractivity contribution in [3.8, 4) is 0 Å². The van der Waals surface area contributed by atoms with Crippen LogP contribution in [0.5, 0.6) is 0 Å². The zero-order valence-electron chi connectivity index (χ0n) is 8.91. The molecule has 1 aromatic rings. The van der Waals surface area contributed by atoms with Crippen molar-refractivity contribution in [3.05, 3.63) is 34.9 Å². The Labute approximate surface area is 99.7 Å². The molecule has 86 valence electrons. The van der Waals surface area contributed by atoms with Gasteiger partial charge >= 0.3 is 0 Å². The van der Waals surface area contributed by atoms with E-state index in [1.807, 2.05) is 24.3 Å². The van der Waals surface area contributed by atoms with Crippen molar-refractivity contribution >= 4 is 17.5 Å². The Morgan fingerprint density at radius 2 is 2.31 bits per heavy atom. The quantitative estimate of drug-likeness (QED) is 0.878. The molecule has 3 nitrogen and oxygen atoms in total. The second-order valence-corrected chi connectivity index (χ2v) is 4.22. The topological polar surface area (TPSA) is 38.3 Å². The van der Waals surface area contributed by atoms with Crippen LogP contribution in [0.3, 0.4) is 0 Å². The van der Waals surface area contributed by atoms with E-state index in [4.69, 9.17) is 16.3 Å². The third-order valence-electron chi connectivity index (χ3n) is 2.63. The van der Waals surface area contributed by atoms with Crippen molar-refractivity contribution in [1.29, 1.82) is 0 Å². The van der Waals surface area contributed by atoms with Gasteiger partial charge in [0.05, 0.1) is 0 Å². The first-order valence-electron chi connectivity index (χ1n) is 5.40. The smallest absolute Gasteiger partial charge is 0.249 e. The van der Waals surface area contributed by atoms with Gasteiger partial charge in [-0.1, -0.05) is 29.8 Å². The number of hydrogen-bond acceptors (Lipinski definition) is 2. The lowest BCUT2D eigenvalue weighted by Crippen LogP contribution is -2.33. The van der Waals surface area contributed by atoms with Crippen LogP contribution in [0.4, 0.5) is 0 Å². The lowest BCUT2D eigenvalue weighted by molar-refractivity contribution is -0.130. The summed E-state index contributed by atoms with van der Waals surface area (Å²) in [6.45, 7) is 1.14. The molecule has 0 aromatic heterocycles. The highest BCUT2D eigenvalue weighted by Crippen LogP contribution is 2.15. The van der Waals surface area contributed by atoms with Crippen molar-refractivity contribution in [2.45, 2.75) is 25.5 Å². The maximum Gasteiger partial charge on any atom is 0.249 e. The Balaban J connectivity index is 1.87. The van der Waals surface area contributed by atoms with Gasteiger partial charge in [-0.25, -0.2) is 0 Å². The van der Waals surface area contributed by atoms with E-state index in [9.17, 15) is 4.79 Å². The minimum Gasteiger partial charge on any atom is -0.368 e. The number of rotatable bonds is 3. The summed E-state index contributed by atoms with van der Waals surface area (Å²) in [4.78, 5) is 11.7. The predicted molar refractivity (Wildman–Crippen MR) is 62.3 cm³/mol. The summed E-state index contributed by atoms with van der Waals surface area (Å²) in [5, 5.41) is 3.51. The van der Waals surface area contributed by atoms with E-state index >= 15 is 0 Å². The van der Waals surface area contributed by atoms with Crippen LogP contribution in [0.15, 0.2) is 24.3 Å². The molecule has 1 aliphatic rings. The zero-order valence-corrected chi connectivity index (χ0v) is 9.67. The Morgan fingerprint density at radius 1 is 1.50 bits per heavy atom. The normalized spacial score (nSPS) is 19.7. The highest BCUT2D eigenvalue weighted by Gasteiger charge is 2.23. The Hall–Kier alpha value is -1.06. The van der Waals surface area contributed by atoms with Gasteiger partial charge in [-0.05, 0) is 24.5 Å². The van der Waals surface area contributed by atoms with Crippen LogP contribution in [0, 0.1) is 0 Å². The molecule has 2 rings (SSSR count). The summed E-state index contributed by atoms with van der Waals surface area (Å²) in [6.07, 6.45) is 1.50. The first-order valence-corrected chi connectivity index (χ1v) is 5.78. The van der Waals surface area contributed by atoms with E-state index in [0.29, 0.717) is 18.2 Å². The third-order valence-corrected chi connectivity index (χ3v) is 3.00. The number of ether oxygens (including phenoxy) is 1. The monoisotopic (exact) mass is 239 g/mol. The number of benzene rings is 1. The van der Waals surface area contributed by atoms with Crippen molar-refractivity contribution in [2.24, 2.45) is 0 Å². The van der Waals surface area contributed by atoms with Crippen molar-refractivity contribution in [1.82, 2.24) is 5.32 Å². The van der Waals surface area contributed by atoms with Crippen LogP contribution in [0.25, 0.3) is 0 Å². The molecule has 0 spiro atoms. The van der Waals surface area contributed by atoms with E-state index in [2.05, 4.69) is 5.32 Å². The fourth-order valence-corrected chi connectivity index (χ4v) is 1.92. The molecule has 4 heteroatoms. The van der Waals surface area contributed by atoms with E-state index in [1.165, 1.54) is 0 Å². The van der Waals surface area contributed by atoms with Crippen LogP contribution in [-0.2, 0) is 16.1 Å². The summed E-state index contributed by atoms with van der Waals surface area (Å²) in [7, 11) is 0. The number of carbonyl (C=O) groups excluding carboxylic acids is 1. The van der Waals surface area contributed by atoms with Gasteiger partial charge in [-0.15, -0.1) is 0 Å². The maximum atomic E-state index is 11.7. The Bertz CT molecular complexity index is 375. The van der Waals surface area contributed by atoms with Crippen LogP contribution in [0.2, 0.25) is 5.02 Å². The highest BCUT2D eigenvalue weighted by molar-refractivity contribution is 6.31. The lowest BCUT2D eigenvalue weighted by atomic mass is 10.2. The van der Waals surface area contributed by atoms with Gasteiger partial charge in [0.2, 0.25) is 5.91 Å². The molecule has 1 aromatic carbocycles. The maximum absolute atomic E-state index is 11.7. The van der Waals surface area contributed by atoms with E-state index < -0.39 is 0 Å². The molecule has 1 fully saturated rings. The predicted octanol–water partition coefficient (Wildman–Crippen LogP) is 2.14. The average molecular weight is 240 g/mol. The number of nitrogens with one attached hydrogen (secondary N) is 1. The van der Waals surface area contributed by atoms with E-state index in [0.717, 1.165) is 18.4 Å². The molecule has 1 atom stereocenters. The van der Waals surface area contributed by atoms with Crippen LogP contribution < -0.4 is 5.32 Å². The number of halogens is 1. The standard InChI is InChI=1S/C12H14ClNO2/c13-10-5-2-1-4-9(10)8-14-12(15)11-6-3-7-16-11/h1-2,4-5,11H,3,6-8H2,(H,14,15)/t11-/m1/s1. The summed E-state index contributed by atoms with van der Waals surface area (Å²) in [6, 6.07) is 7.49. The van der Waals surface area contributed by atoms with Crippen molar-refractivity contribution in [2.75, 3.05) is 6.61 Å². The van der Waals surface area contributed by atoms with Crippen LogP contribution >= 0.6 is 11.6 Å². The van der Waals surface area contributed by atoms with Gasteiger partial charge in [0.25, 0.3) is 0 Å². The van der Waals surface area contributed by atoms with Crippen molar-refractivity contribution < 1.29 is 9.53 Å². The zero-order chi connectivity index (χ0) is 11.4. The molecule has 1 amide bonds.